The van der Waals surface area contributed by atoms with Gasteiger partial charge in [0.2, 0.25) is 5.91 Å². The average Bonchev–Trinajstić information content (AvgIpc) is 2.91. The molecule has 24 heavy (non-hydrogen) atoms. The zero-order valence-corrected chi connectivity index (χ0v) is 15.3. The lowest BCUT2D eigenvalue weighted by Crippen LogP contribution is -2.36. The molecule has 1 atom stereocenters. The first-order valence-corrected chi connectivity index (χ1v) is 9.65. The molecule has 2 heterocycles. The van der Waals surface area contributed by atoms with E-state index >= 15 is 0 Å². The minimum Gasteiger partial charge on any atom is -0.465 e. The van der Waals surface area contributed by atoms with Gasteiger partial charge in [0.1, 0.15) is 5.00 Å². The minimum atomic E-state index is -0.338. The Kier molecular flexibility index (Phi) is 5.56. The van der Waals surface area contributed by atoms with Crippen LogP contribution in [-0.4, -0.2) is 43.5 Å². The summed E-state index contributed by atoms with van der Waals surface area (Å²) in [6, 6.07) is 0. The zero-order valence-electron chi connectivity index (χ0n) is 14.5. The van der Waals surface area contributed by atoms with Crippen LogP contribution in [0.5, 0.6) is 0 Å². The topological polar surface area (TPSA) is 58.6 Å². The van der Waals surface area contributed by atoms with Crippen molar-refractivity contribution >= 4 is 28.2 Å². The van der Waals surface area contributed by atoms with Crippen molar-refractivity contribution in [2.75, 3.05) is 32.1 Å². The molecular weight excluding hydrogens is 324 g/mol. The minimum absolute atomic E-state index is 0.0336. The highest BCUT2D eigenvalue weighted by Gasteiger charge is 2.29. The van der Waals surface area contributed by atoms with Crippen molar-refractivity contribution in [3.05, 3.63) is 16.0 Å². The molecule has 1 saturated heterocycles. The van der Waals surface area contributed by atoms with Crippen LogP contribution in [0.15, 0.2) is 0 Å². The standard InChI is InChI=1S/C18H26N2O3S/c1-12-6-7-13-14(10-12)24-17(16(13)18(22)23-2)19-15(21)11-20-8-4-3-5-9-20/h12H,3-11H2,1-2H3,(H,19,21). The lowest BCUT2D eigenvalue weighted by atomic mass is 9.88. The van der Waals surface area contributed by atoms with Gasteiger partial charge in [-0.3, -0.25) is 9.69 Å². The molecule has 1 aliphatic heterocycles. The first-order valence-electron chi connectivity index (χ1n) is 8.83. The third-order valence-corrected chi connectivity index (χ3v) is 6.14. The van der Waals surface area contributed by atoms with Gasteiger partial charge in [-0.2, -0.15) is 0 Å². The average molecular weight is 350 g/mol. The summed E-state index contributed by atoms with van der Waals surface area (Å²) in [6.07, 6.45) is 6.51. The molecule has 0 radical (unpaired) electrons. The number of hydrogen-bond acceptors (Lipinski definition) is 5. The number of methoxy groups -OCH3 is 1. The number of carbonyl (C=O) groups is 2. The van der Waals surface area contributed by atoms with Crippen molar-refractivity contribution in [2.45, 2.75) is 45.4 Å². The lowest BCUT2D eigenvalue weighted by molar-refractivity contribution is -0.117. The Morgan fingerprint density at radius 3 is 2.75 bits per heavy atom. The molecule has 1 aromatic rings. The number of fused-ring (bicyclic) bond motifs is 1. The van der Waals surface area contributed by atoms with Gasteiger partial charge in [-0.15, -0.1) is 11.3 Å². The Morgan fingerprint density at radius 2 is 2.04 bits per heavy atom. The van der Waals surface area contributed by atoms with Gasteiger partial charge in [-0.05, 0) is 56.7 Å². The highest BCUT2D eigenvalue weighted by molar-refractivity contribution is 7.17. The van der Waals surface area contributed by atoms with Crippen LogP contribution < -0.4 is 5.32 Å². The van der Waals surface area contributed by atoms with E-state index in [0.29, 0.717) is 23.0 Å². The lowest BCUT2D eigenvalue weighted by Gasteiger charge is -2.25. The summed E-state index contributed by atoms with van der Waals surface area (Å²) in [5.41, 5.74) is 1.66. The fourth-order valence-corrected chi connectivity index (χ4v) is 5.06. The first-order chi connectivity index (χ1) is 11.6. The van der Waals surface area contributed by atoms with Crippen LogP contribution in [0.25, 0.3) is 0 Å². The third kappa shape index (κ3) is 3.81. The Balaban J connectivity index is 1.76. The van der Waals surface area contributed by atoms with Crippen LogP contribution in [-0.2, 0) is 22.4 Å². The smallest absolute Gasteiger partial charge is 0.341 e. The van der Waals surface area contributed by atoms with Crippen LogP contribution >= 0.6 is 11.3 Å². The van der Waals surface area contributed by atoms with Crippen molar-refractivity contribution in [3.63, 3.8) is 0 Å². The van der Waals surface area contributed by atoms with E-state index in [1.165, 1.54) is 18.4 Å². The van der Waals surface area contributed by atoms with Crippen molar-refractivity contribution in [2.24, 2.45) is 5.92 Å². The first kappa shape index (κ1) is 17.4. The van der Waals surface area contributed by atoms with Gasteiger partial charge in [-0.1, -0.05) is 13.3 Å². The number of anilines is 1. The highest BCUT2D eigenvalue weighted by atomic mass is 32.1. The third-order valence-electron chi connectivity index (χ3n) is 4.97. The SMILES string of the molecule is COC(=O)c1c(NC(=O)CN2CCCCC2)sc2c1CCC(C)C2. The Labute approximate surface area is 147 Å². The van der Waals surface area contributed by atoms with Crippen LogP contribution in [0, 0.1) is 5.92 Å². The van der Waals surface area contributed by atoms with E-state index in [1.807, 2.05) is 0 Å². The Hall–Kier alpha value is -1.40. The molecule has 2 aliphatic rings. The number of nitrogens with one attached hydrogen (secondary N) is 1. The quantitative estimate of drug-likeness (QED) is 0.848. The van der Waals surface area contributed by atoms with E-state index in [2.05, 4.69) is 17.1 Å². The molecule has 0 bridgehead atoms. The summed E-state index contributed by atoms with van der Waals surface area (Å²) in [5, 5.41) is 3.65. The molecule has 0 spiro atoms. The number of piperidine rings is 1. The van der Waals surface area contributed by atoms with Gasteiger partial charge < -0.3 is 10.1 Å². The fourth-order valence-electron chi connectivity index (χ4n) is 3.64. The van der Waals surface area contributed by atoms with Crippen LogP contribution in [0.2, 0.25) is 0 Å². The second kappa shape index (κ2) is 7.66. The summed E-state index contributed by atoms with van der Waals surface area (Å²) >= 11 is 1.55. The molecule has 5 nitrogen and oxygen atoms in total. The predicted molar refractivity (Wildman–Crippen MR) is 95.8 cm³/mol. The molecule has 3 rings (SSSR count). The van der Waals surface area contributed by atoms with Crippen LogP contribution in [0.4, 0.5) is 5.00 Å². The van der Waals surface area contributed by atoms with Gasteiger partial charge in [0.15, 0.2) is 0 Å². The van der Waals surface area contributed by atoms with E-state index < -0.39 is 0 Å². The summed E-state index contributed by atoms with van der Waals surface area (Å²) in [7, 11) is 1.40. The number of nitrogens with zero attached hydrogens (tertiary/aromatic N) is 1. The second-order valence-corrected chi connectivity index (χ2v) is 8.04. The van der Waals surface area contributed by atoms with Crippen molar-refractivity contribution in [3.8, 4) is 0 Å². The van der Waals surface area contributed by atoms with Gasteiger partial charge in [0, 0.05) is 4.88 Å². The number of likely N-dealkylation sites (tertiary alicyclic amines) is 1. The molecule has 1 aliphatic carbocycles. The van der Waals surface area contributed by atoms with Gasteiger partial charge in [0.25, 0.3) is 0 Å². The van der Waals surface area contributed by atoms with E-state index in [9.17, 15) is 9.59 Å². The van der Waals surface area contributed by atoms with Gasteiger partial charge >= 0.3 is 5.97 Å². The number of thiophene rings is 1. The van der Waals surface area contributed by atoms with E-state index in [-0.39, 0.29) is 11.9 Å². The van der Waals surface area contributed by atoms with Crippen molar-refractivity contribution < 1.29 is 14.3 Å². The number of rotatable bonds is 4. The molecule has 1 fully saturated rings. The molecule has 1 aromatic heterocycles. The molecule has 1 N–H and O–H groups in total. The van der Waals surface area contributed by atoms with E-state index in [1.54, 1.807) is 11.3 Å². The number of hydrogen-bond donors (Lipinski definition) is 1. The molecule has 1 amide bonds. The normalized spacial score (nSPS) is 21.2. The summed E-state index contributed by atoms with van der Waals surface area (Å²) < 4.78 is 4.97. The molecular formula is C18H26N2O3S. The second-order valence-electron chi connectivity index (χ2n) is 6.93. The van der Waals surface area contributed by atoms with E-state index in [4.69, 9.17) is 4.74 Å². The molecule has 0 aromatic carbocycles. The summed E-state index contributed by atoms with van der Waals surface area (Å²) in [5.74, 6) is 0.252. The predicted octanol–water partition coefficient (Wildman–Crippen LogP) is 3.08. The van der Waals surface area contributed by atoms with Crippen molar-refractivity contribution in [1.29, 1.82) is 0 Å². The number of carbonyl (C=O) groups excluding carboxylic acids is 2. The largest absolute Gasteiger partial charge is 0.465 e. The van der Waals surface area contributed by atoms with Gasteiger partial charge in [-0.25, -0.2) is 4.79 Å². The maximum Gasteiger partial charge on any atom is 0.341 e. The molecule has 132 valence electrons. The van der Waals surface area contributed by atoms with Crippen molar-refractivity contribution in [1.82, 2.24) is 4.90 Å². The molecule has 6 heteroatoms. The van der Waals surface area contributed by atoms with Crippen LogP contribution in [0.1, 0.15) is 53.4 Å². The highest BCUT2D eigenvalue weighted by Crippen LogP contribution is 2.40. The summed E-state index contributed by atoms with van der Waals surface area (Å²) in [4.78, 5) is 28.1. The monoisotopic (exact) mass is 350 g/mol. The number of ether oxygens (including phenoxy) is 1. The molecule has 1 unspecified atom stereocenters. The maximum absolute atomic E-state index is 12.4. The maximum atomic E-state index is 12.4. The Bertz CT molecular complexity index is 620. The fraction of sp³-hybridized carbons (Fsp3) is 0.667. The number of amides is 1. The van der Waals surface area contributed by atoms with Crippen LogP contribution in [0.3, 0.4) is 0 Å². The zero-order chi connectivity index (χ0) is 17.1. The van der Waals surface area contributed by atoms with E-state index in [0.717, 1.165) is 50.8 Å². The number of esters is 1. The Morgan fingerprint density at radius 1 is 1.29 bits per heavy atom. The summed E-state index contributed by atoms with van der Waals surface area (Å²) in [6.45, 7) is 4.60. The van der Waals surface area contributed by atoms with Gasteiger partial charge in [0.05, 0.1) is 19.2 Å². The molecule has 0 saturated carbocycles.